The van der Waals surface area contributed by atoms with Gasteiger partial charge in [0.2, 0.25) is 0 Å². The van der Waals surface area contributed by atoms with Crippen LogP contribution >= 0.6 is 0 Å². The first-order valence-electron chi connectivity index (χ1n) is 3.30. The molecule has 0 aliphatic carbocycles. The van der Waals surface area contributed by atoms with Gasteiger partial charge < -0.3 is 5.43 Å². The molecule has 0 fully saturated rings. The van der Waals surface area contributed by atoms with Crippen LogP contribution in [0.2, 0.25) is 0 Å². The van der Waals surface area contributed by atoms with Gasteiger partial charge in [0.15, 0.2) is 0 Å². The van der Waals surface area contributed by atoms with Crippen LogP contribution in [0.25, 0.3) is 5.70 Å². The highest BCUT2D eigenvalue weighted by Crippen LogP contribution is 2.04. The van der Waals surface area contributed by atoms with Gasteiger partial charge >= 0.3 is 0 Å². The van der Waals surface area contributed by atoms with Crippen molar-refractivity contribution < 1.29 is 0 Å². The number of nitrogens with zero attached hydrogens (tertiary/aromatic N) is 2. The standard InChI is InChI=1S/C8H8N4/c1-6(12-10)8-3-2-7(4-9)5-11-8/h2-3,5,12H,1,10H2. The Morgan fingerprint density at radius 3 is 2.83 bits per heavy atom. The van der Waals surface area contributed by atoms with Crippen molar-refractivity contribution >= 4 is 5.70 Å². The molecule has 0 unspecified atom stereocenters. The summed E-state index contributed by atoms with van der Waals surface area (Å²) < 4.78 is 0. The van der Waals surface area contributed by atoms with Crippen molar-refractivity contribution in [3.8, 4) is 6.07 Å². The summed E-state index contributed by atoms with van der Waals surface area (Å²) in [6.07, 6.45) is 1.47. The minimum absolute atomic E-state index is 0.517. The highest BCUT2D eigenvalue weighted by molar-refractivity contribution is 5.57. The average Bonchev–Trinajstić information content (AvgIpc) is 2.17. The second kappa shape index (κ2) is 3.51. The number of hydrogen-bond donors (Lipinski definition) is 2. The molecule has 0 spiro atoms. The molecule has 1 aromatic rings. The lowest BCUT2D eigenvalue weighted by atomic mass is 10.2. The Hall–Kier alpha value is -1.86. The first kappa shape index (κ1) is 8.24. The van der Waals surface area contributed by atoms with Crippen molar-refractivity contribution in [1.82, 2.24) is 10.4 Å². The Morgan fingerprint density at radius 2 is 2.42 bits per heavy atom. The molecule has 3 N–H and O–H groups in total. The van der Waals surface area contributed by atoms with Crippen molar-refractivity contribution in [1.29, 1.82) is 5.26 Å². The zero-order chi connectivity index (χ0) is 8.97. The third-order valence-corrected chi connectivity index (χ3v) is 1.38. The Morgan fingerprint density at radius 1 is 1.67 bits per heavy atom. The molecule has 1 rings (SSSR count). The molecule has 0 atom stereocenters. The number of nitriles is 1. The molecular formula is C8H8N4. The lowest BCUT2D eigenvalue weighted by molar-refractivity contribution is 0.980. The number of nitrogens with one attached hydrogen (secondary N) is 1. The van der Waals surface area contributed by atoms with Gasteiger partial charge in [0, 0.05) is 6.20 Å². The Balaban J connectivity index is 2.94. The van der Waals surface area contributed by atoms with Crippen molar-refractivity contribution in [2.75, 3.05) is 0 Å². The van der Waals surface area contributed by atoms with Gasteiger partial charge in [-0.1, -0.05) is 6.58 Å². The molecule has 0 saturated carbocycles. The first-order chi connectivity index (χ1) is 5.77. The minimum atomic E-state index is 0.517. The smallest absolute Gasteiger partial charge is 0.101 e. The van der Waals surface area contributed by atoms with E-state index in [0.29, 0.717) is 17.0 Å². The molecule has 1 heterocycles. The summed E-state index contributed by atoms with van der Waals surface area (Å²) in [6.45, 7) is 3.62. The summed E-state index contributed by atoms with van der Waals surface area (Å²) in [5, 5.41) is 8.47. The molecule has 0 aromatic carbocycles. The van der Waals surface area contributed by atoms with E-state index in [-0.39, 0.29) is 0 Å². The van der Waals surface area contributed by atoms with Crippen LogP contribution < -0.4 is 11.3 Å². The van der Waals surface area contributed by atoms with Gasteiger partial charge in [0.1, 0.15) is 6.07 Å². The van der Waals surface area contributed by atoms with Gasteiger partial charge in [-0.25, -0.2) is 0 Å². The molecule has 12 heavy (non-hydrogen) atoms. The van der Waals surface area contributed by atoms with E-state index in [1.807, 2.05) is 6.07 Å². The van der Waals surface area contributed by atoms with Gasteiger partial charge in [-0.15, -0.1) is 0 Å². The SMILES string of the molecule is C=C(NN)c1ccc(C#N)cn1. The van der Waals surface area contributed by atoms with E-state index in [9.17, 15) is 0 Å². The predicted octanol–water partition coefficient (Wildman–Crippen LogP) is 0.387. The molecule has 0 saturated heterocycles. The molecule has 4 nitrogen and oxygen atoms in total. The van der Waals surface area contributed by atoms with E-state index in [0.717, 1.165) is 0 Å². The number of hydrazine groups is 1. The molecule has 4 heteroatoms. The average molecular weight is 160 g/mol. The molecule has 0 amide bonds. The summed E-state index contributed by atoms with van der Waals surface area (Å²) in [5.41, 5.74) is 4.06. The van der Waals surface area contributed by atoms with E-state index in [1.54, 1.807) is 12.1 Å². The fourth-order valence-electron chi connectivity index (χ4n) is 0.712. The second-order valence-electron chi connectivity index (χ2n) is 2.17. The Kier molecular flexibility index (Phi) is 2.41. The van der Waals surface area contributed by atoms with E-state index < -0.39 is 0 Å². The maximum Gasteiger partial charge on any atom is 0.101 e. The zero-order valence-electron chi connectivity index (χ0n) is 6.41. The van der Waals surface area contributed by atoms with Crippen molar-refractivity contribution in [2.45, 2.75) is 0 Å². The topological polar surface area (TPSA) is 74.7 Å². The highest BCUT2D eigenvalue weighted by atomic mass is 15.2. The summed E-state index contributed by atoms with van der Waals surface area (Å²) in [7, 11) is 0. The molecule has 60 valence electrons. The summed E-state index contributed by atoms with van der Waals surface area (Å²) in [6, 6.07) is 5.31. The lowest BCUT2D eigenvalue weighted by Gasteiger charge is -2.01. The van der Waals surface area contributed by atoms with Gasteiger partial charge in [-0.05, 0) is 12.1 Å². The number of rotatable bonds is 2. The fourth-order valence-corrected chi connectivity index (χ4v) is 0.712. The Labute approximate surface area is 70.3 Å². The minimum Gasteiger partial charge on any atom is -0.323 e. The molecule has 0 radical (unpaired) electrons. The van der Waals surface area contributed by atoms with Gasteiger partial charge in [0.05, 0.1) is 17.0 Å². The number of aromatic nitrogens is 1. The summed E-state index contributed by atoms with van der Waals surface area (Å²) in [5.74, 6) is 5.12. The van der Waals surface area contributed by atoms with Crippen LogP contribution in [0.1, 0.15) is 11.3 Å². The number of hydrogen-bond acceptors (Lipinski definition) is 4. The maximum atomic E-state index is 8.47. The highest BCUT2D eigenvalue weighted by Gasteiger charge is 1.97. The van der Waals surface area contributed by atoms with E-state index in [2.05, 4.69) is 17.0 Å². The van der Waals surface area contributed by atoms with Crippen LogP contribution in [-0.2, 0) is 0 Å². The van der Waals surface area contributed by atoms with Crippen LogP contribution in [0, 0.1) is 11.3 Å². The van der Waals surface area contributed by atoms with Crippen molar-refractivity contribution in [3.05, 3.63) is 36.2 Å². The maximum absolute atomic E-state index is 8.47. The van der Waals surface area contributed by atoms with E-state index >= 15 is 0 Å². The lowest BCUT2D eigenvalue weighted by Crippen LogP contribution is -2.19. The normalized spacial score (nSPS) is 8.67. The number of nitrogens with two attached hydrogens (primary N) is 1. The second-order valence-corrected chi connectivity index (χ2v) is 2.17. The molecule has 0 aliphatic heterocycles. The monoisotopic (exact) mass is 160 g/mol. The van der Waals surface area contributed by atoms with Crippen molar-refractivity contribution in [3.63, 3.8) is 0 Å². The van der Waals surface area contributed by atoms with Crippen LogP contribution in [0.5, 0.6) is 0 Å². The van der Waals surface area contributed by atoms with Gasteiger partial charge in [-0.3, -0.25) is 10.8 Å². The van der Waals surface area contributed by atoms with Crippen LogP contribution in [0.3, 0.4) is 0 Å². The first-order valence-corrected chi connectivity index (χ1v) is 3.30. The number of pyridine rings is 1. The van der Waals surface area contributed by atoms with Gasteiger partial charge in [-0.2, -0.15) is 5.26 Å². The molecular weight excluding hydrogens is 152 g/mol. The molecule has 1 aromatic heterocycles. The Bertz CT molecular complexity index is 320. The zero-order valence-corrected chi connectivity index (χ0v) is 6.41. The van der Waals surface area contributed by atoms with E-state index in [1.165, 1.54) is 6.20 Å². The third-order valence-electron chi connectivity index (χ3n) is 1.38. The van der Waals surface area contributed by atoms with Gasteiger partial charge in [0.25, 0.3) is 0 Å². The van der Waals surface area contributed by atoms with Crippen LogP contribution in [-0.4, -0.2) is 4.98 Å². The fraction of sp³-hybridized carbons (Fsp3) is 0. The van der Waals surface area contributed by atoms with Crippen LogP contribution in [0.15, 0.2) is 24.9 Å². The predicted molar refractivity (Wildman–Crippen MR) is 45.3 cm³/mol. The van der Waals surface area contributed by atoms with Crippen molar-refractivity contribution in [2.24, 2.45) is 5.84 Å². The molecule has 0 aliphatic rings. The largest absolute Gasteiger partial charge is 0.323 e. The quantitative estimate of drug-likeness (QED) is 0.484. The third kappa shape index (κ3) is 1.59. The summed E-state index contributed by atoms with van der Waals surface area (Å²) in [4.78, 5) is 3.96. The van der Waals surface area contributed by atoms with Crippen LogP contribution in [0.4, 0.5) is 0 Å². The molecule has 0 bridgehead atoms. The van der Waals surface area contributed by atoms with E-state index in [4.69, 9.17) is 11.1 Å². The summed E-state index contributed by atoms with van der Waals surface area (Å²) >= 11 is 0.